The van der Waals surface area contributed by atoms with Gasteiger partial charge in [0, 0.05) is 25.2 Å². The molecule has 3 saturated carbocycles. The normalized spacial score (nSPS) is 23.8. The highest BCUT2D eigenvalue weighted by Crippen LogP contribution is 2.65. The molecule has 338 valence electrons. The number of carbonyl (C=O) groups excluding carboxylic acids is 5. The molecule has 2 aromatic carbocycles. The lowest BCUT2D eigenvalue weighted by molar-refractivity contribution is -0.199. The largest absolute Gasteiger partial charge is 0.495 e. The Morgan fingerprint density at radius 3 is 2.27 bits per heavy atom. The first kappa shape index (κ1) is 46.8. The number of imide groups is 1. The summed E-state index contributed by atoms with van der Waals surface area (Å²) >= 11 is 6.78. The van der Waals surface area contributed by atoms with Crippen molar-refractivity contribution in [3.8, 4) is 17.2 Å². The van der Waals surface area contributed by atoms with E-state index in [0.717, 1.165) is 18.6 Å². The molecule has 2 aliphatic heterocycles. The van der Waals surface area contributed by atoms with E-state index in [9.17, 15) is 24.0 Å². The summed E-state index contributed by atoms with van der Waals surface area (Å²) in [6.45, 7) is 11.5. The highest BCUT2D eigenvalue weighted by atomic mass is 35.5. The van der Waals surface area contributed by atoms with E-state index in [1.54, 1.807) is 20.8 Å². The van der Waals surface area contributed by atoms with Crippen molar-refractivity contribution in [2.24, 2.45) is 23.0 Å². The Bertz CT molecular complexity index is 2120. The number of ether oxygens (including phenoxy) is 4. The van der Waals surface area contributed by atoms with E-state index in [4.69, 9.17) is 45.6 Å². The number of nitrogens with one attached hydrogen (secondary N) is 2. The molecular weight excluding hydrogens is 835 g/mol. The van der Waals surface area contributed by atoms with E-state index >= 15 is 8.78 Å². The third kappa shape index (κ3) is 8.64. The molecule has 2 heterocycles. The van der Waals surface area contributed by atoms with Gasteiger partial charge < -0.3 is 49.5 Å². The van der Waals surface area contributed by atoms with Crippen LogP contribution in [0.15, 0.2) is 18.2 Å². The molecule has 62 heavy (non-hydrogen) atoms. The molecule has 0 spiro atoms. The van der Waals surface area contributed by atoms with Gasteiger partial charge in [-0.3, -0.25) is 19.3 Å². The number of hydrogen-bond donors (Lipinski definition) is 3. The number of piperazine rings is 1. The van der Waals surface area contributed by atoms with E-state index in [1.807, 2.05) is 6.92 Å². The molecule has 2 saturated heterocycles. The monoisotopic (exact) mass is 889 g/mol. The van der Waals surface area contributed by atoms with Crippen molar-refractivity contribution in [2.75, 3.05) is 47.5 Å². The zero-order chi connectivity index (χ0) is 45.6. The maximum Gasteiger partial charge on any atom is 0.482 e. The molecule has 4 N–H and O–H groups in total. The zero-order valence-corrected chi connectivity index (χ0v) is 37.2. The molecule has 5 fully saturated rings. The van der Waals surface area contributed by atoms with Crippen LogP contribution in [0.4, 0.5) is 13.6 Å². The van der Waals surface area contributed by atoms with Crippen LogP contribution in [0.3, 0.4) is 0 Å². The predicted octanol–water partition coefficient (Wildman–Crippen LogP) is 4.36. The predicted molar refractivity (Wildman–Crippen MR) is 222 cm³/mol. The van der Waals surface area contributed by atoms with Crippen LogP contribution in [0, 0.1) is 28.9 Å². The van der Waals surface area contributed by atoms with Gasteiger partial charge in [-0.05, 0) is 94.9 Å². The summed E-state index contributed by atoms with van der Waals surface area (Å²) in [6.07, 6.45) is 1.47. The minimum absolute atomic E-state index is 0.00239. The van der Waals surface area contributed by atoms with Crippen molar-refractivity contribution < 1.29 is 61.0 Å². The highest BCUT2D eigenvalue weighted by Gasteiger charge is 2.68. The minimum Gasteiger partial charge on any atom is -0.495 e. The van der Waals surface area contributed by atoms with Crippen molar-refractivity contribution in [1.82, 2.24) is 20.4 Å². The molecule has 1 unspecified atom stereocenters. The first-order chi connectivity index (χ1) is 29.1. The third-order valence-corrected chi connectivity index (χ3v) is 13.0. The van der Waals surface area contributed by atoms with Gasteiger partial charge in [0.05, 0.1) is 44.0 Å². The number of carbonyl (C=O) groups is 5. The van der Waals surface area contributed by atoms with Gasteiger partial charge in [-0.2, -0.15) is 0 Å². The molecule has 20 heteroatoms. The van der Waals surface area contributed by atoms with E-state index in [-0.39, 0.29) is 83.4 Å². The zero-order valence-electron chi connectivity index (χ0n) is 36.4. The first-order valence-electron chi connectivity index (χ1n) is 20.5. The number of nitrogens with zero attached hydrogens (tertiary/aromatic N) is 2. The number of hydrogen-bond acceptors (Lipinski definition) is 12. The van der Waals surface area contributed by atoms with Gasteiger partial charge in [0.15, 0.2) is 17.3 Å². The molecule has 5 amide bonds. The second kappa shape index (κ2) is 17.8. The second-order valence-electron chi connectivity index (χ2n) is 17.9. The Balaban J connectivity index is 1.40. The van der Waals surface area contributed by atoms with E-state index in [1.165, 1.54) is 32.3 Å². The Labute approximate surface area is 364 Å². The van der Waals surface area contributed by atoms with E-state index < -0.39 is 77.2 Å². The number of benzene rings is 2. The van der Waals surface area contributed by atoms with Gasteiger partial charge in [0.2, 0.25) is 5.91 Å². The van der Waals surface area contributed by atoms with Crippen LogP contribution in [0.25, 0.3) is 0 Å². The first-order valence-corrected chi connectivity index (χ1v) is 20.9. The van der Waals surface area contributed by atoms with E-state index in [2.05, 4.69) is 24.5 Å². The van der Waals surface area contributed by atoms with Gasteiger partial charge in [-0.1, -0.05) is 31.5 Å². The molecule has 6 atom stereocenters. The molecule has 0 radical (unpaired) electrons. The summed E-state index contributed by atoms with van der Waals surface area (Å²) in [7, 11) is 2.49. The van der Waals surface area contributed by atoms with Gasteiger partial charge in [0.25, 0.3) is 0 Å². The molecular formula is C42H55BClF2N5O11. The number of esters is 1. The van der Waals surface area contributed by atoms with Gasteiger partial charge in [0.1, 0.15) is 28.8 Å². The number of urea groups is 1. The van der Waals surface area contributed by atoms with Crippen LogP contribution in [-0.2, 0) is 34.9 Å². The van der Waals surface area contributed by atoms with Crippen LogP contribution >= 0.6 is 11.6 Å². The highest BCUT2D eigenvalue weighted by molar-refractivity contribution is 6.48. The Kier molecular flexibility index (Phi) is 13.4. The summed E-state index contributed by atoms with van der Waals surface area (Å²) < 4.78 is 66.3. The summed E-state index contributed by atoms with van der Waals surface area (Å²) in [4.78, 5) is 70.5. The van der Waals surface area contributed by atoms with Crippen LogP contribution < -0.4 is 30.6 Å². The van der Waals surface area contributed by atoms with Crippen molar-refractivity contribution in [3.63, 3.8) is 0 Å². The van der Waals surface area contributed by atoms with Crippen LogP contribution in [0.5, 0.6) is 17.2 Å². The number of amides is 5. The fourth-order valence-electron chi connectivity index (χ4n) is 9.34. The lowest BCUT2D eigenvalue weighted by atomic mass is 9.43. The fraction of sp³-hybridized carbons (Fsp3) is 0.595. The Morgan fingerprint density at radius 1 is 0.984 bits per heavy atom. The Morgan fingerprint density at radius 2 is 1.66 bits per heavy atom. The quantitative estimate of drug-likeness (QED) is 0.138. The third-order valence-electron chi connectivity index (χ3n) is 12.7. The second-order valence-corrected chi connectivity index (χ2v) is 18.3. The lowest BCUT2D eigenvalue weighted by Gasteiger charge is -2.64. The molecule has 5 aliphatic rings. The average Bonchev–Trinajstić information content (AvgIpc) is 3.57. The summed E-state index contributed by atoms with van der Waals surface area (Å²) in [5, 5.41) is 5.07. The standard InChI is InChI=1S/C42H55BClF2N5O11/c1-40(2,3)60-38(55)29-24(45)12-11-21(32(29)57-7)17-28(43-61-27-19-22-18-26(41(22,4)5)42(27,6)62-43)48-35(52)31(23-20-25(46)33(58-8)34(59-9)30(23)44)49-39(56)51-16-15-50(14-10-13-47)36(53)37(51)54/h11-12,20,22,26-28,31H,10,13-19,47H2,1-9H3,(H,48,52)(H,49,56)/t22-,26-,27+,28-,31?,42-/m0/s1. The smallest absolute Gasteiger partial charge is 0.482 e. The number of nitrogens with two attached hydrogens (primary N) is 1. The fourth-order valence-corrected chi connectivity index (χ4v) is 9.67. The lowest BCUT2D eigenvalue weighted by Crippen LogP contribution is -2.65. The molecule has 3 aliphatic carbocycles. The van der Waals surface area contributed by atoms with E-state index in [0.29, 0.717) is 23.7 Å². The maximum absolute atomic E-state index is 15.7. The van der Waals surface area contributed by atoms with Crippen LogP contribution in [0.2, 0.25) is 5.02 Å². The number of methoxy groups -OCH3 is 3. The molecule has 16 nitrogen and oxygen atoms in total. The molecule has 2 bridgehead atoms. The SMILES string of the molecule is COc1c(F)cc(C(NC(=O)N2CCN(CCCN)C(=O)C2=O)C(=O)N[C@@H](Cc2ccc(F)c(C(=O)OC(C)(C)C)c2OC)B2O[C@@H]3C[C@@H]4C[C@@H](C4(C)C)[C@]3(C)O2)c(Cl)c1OC. The van der Waals surface area contributed by atoms with Gasteiger partial charge in [-0.15, -0.1) is 0 Å². The van der Waals surface area contributed by atoms with Crippen LogP contribution in [-0.4, -0.2) is 117 Å². The minimum atomic E-state index is -1.86. The summed E-state index contributed by atoms with van der Waals surface area (Å²) in [5.41, 5.74) is 3.27. The number of halogens is 3. The molecule has 2 aromatic rings. The maximum atomic E-state index is 15.7. The Hall–Kier alpha value is -4.72. The average molecular weight is 890 g/mol. The molecule has 7 rings (SSSR count). The van der Waals surface area contributed by atoms with Crippen molar-refractivity contribution in [3.05, 3.63) is 51.5 Å². The summed E-state index contributed by atoms with van der Waals surface area (Å²) in [5.74, 6) is -7.48. The van der Waals surface area contributed by atoms with Crippen molar-refractivity contribution in [1.29, 1.82) is 0 Å². The van der Waals surface area contributed by atoms with Gasteiger partial charge in [-0.25, -0.2) is 18.4 Å². The van der Waals surface area contributed by atoms with Crippen LogP contribution in [0.1, 0.15) is 88.3 Å². The van der Waals surface area contributed by atoms with Gasteiger partial charge >= 0.3 is 30.9 Å². The molecule has 0 aromatic heterocycles. The topological polar surface area (TPSA) is 197 Å². The summed E-state index contributed by atoms with van der Waals surface area (Å²) in [6, 6.07) is 0.337. The number of rotatable bonds is 14. The van der Waals surface area contributed by atoms with Crippen molar-refractivity contribution >= 4 is 48.4 Å². The van der Waals surface area contributed by atoms with Crippen molar-refractivity contribution in [2.45, 2.75) is 96.5 Å².